The molecule has 122 valence electrons. The van der Waals surface area contributed by atoms with Crippen LogP contribution in [0.2, 0.25) is 0 Å². The van der Waals surface area contributed by atoms with Crippen molar-refractivity contribution in [1.82, 2.24) is 9.21 Å². The number of sulfonamides is 1. The van der Waals surface area contributed by atoms with Gasteiger partial charge in [-0.2, -0.15) is 4.31 Å². The summed E-state index contributed by atoms with van der Waals surface area (Å²) in [6, 6.07) is 6.90. The highest BCUT2D eigenvalue weighted by atomic mass is 32.2. The summed E-state index contributed by atoms with van der Waals surface area (Å²) in [6.45, 7) is 7.56. The van der Waals surface area contributed by atoms with Gasteiger partial charge in [0.05, 0.1) is 4.90 Å². The van der Waals surface area contributed by atoms with E-state index in [1.54, 1.807) is 29.2 Å². The van der Waals surface area contributed by atoms with E-state index < -0.39 is 10.0 Å². The molecule has 6 heteroatoms. The first-order chi connectivity index (χ1) is 10.3. The molecule has 1 amide bonds. The molecule has 1 fully saturated rings. The molecule has 22 heavy (non-hydrogen) atoms. The van der Waals surface area contributed by atoms with Gasteiger partial charge in [-0.05, 0) is 25.5 Å². The molecule has 1 saturated heterocycles. The van der Waals surface area contributed by atoms with Crippen LogP contribution in [0.15, 0.2) is 29.2 Å². The fraction of sp³-hybridized carbons (Fsp3) is 0.562. The predicted molar refractivity (Wildman–Crippen MR) is 86.0 cm³/mol. The van der Waals surface area contributed by atoms with Crippen LogP contribution in [0, 0.1) is 12.8 Å². The highest BCUT2D eigenvalue weighted by molar-refractivity contribution is 7.89. The minimum atomic E-state index is -3.48. The van der Waals surface area contributed by atoms with Gasteiger partial charge in [-0.3, -0.25) is 4.79 Å². The maximum atomic E-state index is 12.7. The Balaban J connectivity index is 2.13. The van der Waals surface area contributed by atoms with E-state index in [-0.39, 0.29) is 11.8 Å². The van der Waals surface area contributed by atoms with Gasteiger partial charge in [-0.15, -0.1) is 0 Å². The number of carbonyl (C=O) groups is 1. The van der Waals surface area contributed by atoms with Gasteiger partial charge >= 0.3 is 0 Å². The minimum absolute atomic E-state index is 0.0553. The van der Waals surface area contributed by atoms with Crippen molar-refractivity contribution in [2.24, 2.45) is 5.92 Å². The maximum Gasteiger partial charge on any atom is 0.243 e. The van der Waals surface area contributed by atoms with Crippen LogP contribution in [0.1, 0.15) is 25.8 Å². The standard InChI is InChI=1S/C16H24N2O3S/c1-13(2)16(19)17-9-4-10-18(12-11-17)22(20,21)15-7-5-14(3)6-8-15/h5-8,13H,4,9-12H2,1-3H3. The Hall–Kier alpha value is -1.40. The van der Waals surface area contributed by atoms with Gasteiger partial charge in [0.1, 0.15) is 0 Å². The van der Waals surface area contributed by atoms with Gasteiger partial charge < -0.3 is 4.90 Å². The van der Waals surface area contributed by atoms with Gasteiger partial charge in [-0.25, -0.2) is 8.42 Å². The summed E-state index contributed by atoms with van der Waals surface area (Å²) in [5.74, 6) is 0.0369. The molecule has 1 heterocycles. The summed E-state index contributed by atoms with van der Waals surface area (Å²) in [5.41, 5.74) is 1.03. The molecule has 0 aliphatic carbocycles. The number of aryl methyl sites for hydroxylation is 1. The van der Waals surface area contributed by atoms with Crippen molar-refractivity contribution in [3.05, 3.63) is 29.8 Å². The van der Waals surface area contributed by atoms with E-state index in [4.69, 9.17) is 0 Å². The molecule has 1 aliphatic heterocycles. The highest BCUT2D eigenvalue weighted by Crippen LogP contribution is 2.18. The normalized spacial score (nSPS) is 17.5. The lowest BCUT2D eigenvalue weighted by Crippen LogP contribution is -2.38. The number of amides is 1. The molecule has 0 atom stereocenters. The van der Waals surface area contributed by atoms with Gasteiger partial charge in [-0.1, -0.05) is 31.5 Å². The van der Waals surface area contributed by atoms with Crippen LogP contribution in [0.5, 0.6) is 0 Å². The second-order valence-corrected chi connectivity index (χ2v) is 7.99. The van der Waals surface area contributed by atoms with Gasteiger partial charge in [0.2, 0.25) is 15.9 Å². The average molecular weight is 324 g/mol. The molecule has 0 unspecified atom stereocenters. The van der Waals surface area contributed by atoms with Crippen LogP contribution in [0.25, 0.3) is 0 Å². The van der Waals surface area contributed by atoms with Crippen LogP contribution in [-0.4, -0.2) is 49.7 Å². The molecule has 0 saturated carbocycles. The highest BCUT2D eigenvalue weighted by Gasteiger charge is 2.28. The largest absolute Gasteiger partial charge is 0.341 e. The smallest absolute Gasteiger partial charge is 0.243 e. The number of rotatable bonds is 3. The van der Waals surface area contributed by atoms with Crippen LogP contribution in [0.3, 0.4) is 0 Å². The van der Waals surface area contributed by atoms with Crippen LogP contribution >= 0.6 is 0 Å². The van der Waals surface area contributed by atoms with Crippen molar-refractivity contribution in [3.63, 3.8) is 0 Å². The monoisotopic (exact) mass is 324 g/mol. The lowest BCUT2D eigenvalue weighted by molar-refractivity contribution is -0.134. The summed E-state index contributed by atoms with van der Waals surface area (Å²) in [6.07, 6.45) is 0.670. The molecule has 0 aromatic heterocycles. The van der Waals surface area contributed by atoms with Crippen molar-refractivity contribution in [1.29, 1.82) is 0 Å². The minimum Gasteiger partial charge on any atom is -0.341 e. The third-order valence-corrected chi connectivity index (χ3v) is 5.83. The molecule has 1 aromatic rings. The molecule has 1 aliphatic rings. The Morgan fingerprint density at radius 3 is 2.27 bits per heavy atom. The van der Waals surface area contributed by atoms with Crippen LogP contribution in [0.4, 0.5) is 0 Å². The Morgan fingerprint density at radius 1 is 1.05 bits per heavy atom. The summed E-state index contributed by atoms with van der Waals surface area (Å²) in [5, 5.41) is 0. The van der Waals surface area contributed by atoms with Crippen molar-refractivity contribution in [2.75, 3.05) is 26.2 Å². The molecule has 0 bridgehead atoms. The van der Waals surface area contributed by atoms with E-state index in [9.17, 15) is 13.2 Å². The first-order valence-electron chi connectivity index (χ1n) is 7.68. The molecule has 0 radical (unpaired) electrons. The molecule has 0 spiro atoms. The summed E-state index contributed by atoms with van der Waals surface area (Å²) in [4.78, 5) is 14.2. The van der Waals surface area contributed by atoms with E-state index in [1.165, 1.54) is 4.31 Å². The molecule has 5 nitrogen and oxygen atoms in total. The second-order valence-electron chi connectivity index (χ2n) is 6.05. The van der Waals surface area contributed by atoms with Crippen molar-refractivity contribution >= 4 is 15.9 Å². The molecular weight excluding hydrogens is 300 g/mol. The SMILES string of the molecule is Cc1ccc(S(=O)(=O)N2CCCN(C(=O)C(C)C)CC2)cc1. The zero-order chi connectivity index (χ0) is 16.3. The maximum absolute atomic E-state index is 12.7. The topological polar surface area (TPSA) is 57.7 Å². The third-order valence-electron chi connectivity index (χ3n) is 3.92. The Labute approximate surface area is 133 Å². The zero-order valence-corrected chi connectivity index (χ0v) is 14.3. The fourth-order valence-electron chi connectivity index (χ4n) is 2.58. The number of carbonyl (C=O) groups excluding carboxylic acids is 1. The van der Waals surface area contributed by atoms with Gasteiger partial charge in [0, 0.05) is 32.1 Å². The number of benzene rings is 1. The zero-order valence-electron chi connectivity index (χ0n) is 13.4. The molecule has 2 rings (SSSR count). The number of nitrogens with zero attached hydrogens (tertiary/aromatic N) is 2. The van der Waals surface area contributed by atoms with Crippen LogP contribution < -0.4 is 0 Å². The van der Waals surface area contributed by atoms with Gasteiger partial charge in [0.15, 0.2) is 0 Å². The van der Waals surface area contributed by atoms with Crippen molar-refractivity contribution in [2.45, 2.75) is 32.1 Å². The number of hydrogen-bond acceptors (Lipinski definition) is 3. The summed E-state index contributed by atoms with van der Waals surface area (Å²) < 4.78 is 26.9. The quantitative estimate of drug-likeness (QED) is 0.853. The Kier molecular flexibility index (Phi) is 5.24. The first-order valence-corrected chi connectivity index (χ1v) is 9.12. The molecular formula is C16H24N2O3S. The molecule has 0 N–H and O–H groups in total. The predicted octanol–water partition coefficient (Wildman–Crippen LogP) is 1.87. The summed E-state index contributed by atoms with van der Waals surface area (Å²) >= 11 is 0. The Bertz CT molecular complexity index is 623. The lowest BCUT2D eigenvalue weighted by atomic mass is 10.2. The first kappa shape index (κ1) is 17.0. The van der Waals surface area contributed by atoms with Crippen molar-refractivity contribution < 1.29 is 13.2 Å². The second kappa shape index (κ2) is 6.79. The Morgan fingerprint density at radius 2 is 1.68 bits per heavy atom. The molecule has 1 aromatic carbocycles. The van der Waals surface area contributed by atoms with Crippen molar-refractivity contribution in [3.8, 4) is 0 Å². The van der Waals surface area contributed by atoms with E-state index >= 15 is 0 Å². The van der Waals surface area contributed by atoms with E-state index in [1.807, 2.05) is 20.8 Å². The van der Waals surface area contributed by atoms with E-state index in [2.05, 4.69) is 0 Å². The summed E-state index contributed by atoms with van der Waals surface area (Å²) in [7, 11) is -3.48. The van der Waals surface area contributed by atoms with E-state index in [0.717, 1.165) is 5.56 Å². The van der Waals surface area contributed by atoms with E-state index in [0.29, 0.717) is 37.5 Å². The fourth-order valence-corrected chi connectivity index (χ4v) is 4.05. The van der Waals surface area contributed by atoms with Crippen LogP contribution in [-0.2, 0) is 14.8 Å². The average Bonchev–Trinajstić information content (AvgIpc) is 2.73. The lowest BCUT2D eigenvalue weighted by Gasteiger charge is -2.23. The van der Waals surface area contributed by atoms with Gasteiger partial charge in [0.25, 0.3) is 0 Å². The third kappa shape index (κ3) is 3.67. The number of hydrogen-bond donors (Lipinski definition) is 0.